The highest BCUT2D eigenvalue weighted by atomic mass is 16.5. The number of benzene rings is 1. The molecule has 0 atom stereocenters. The fraction of sp³-hybridized carbons (Fsp3) is 0.100. The minimum atomic E-state index is 0.542. The lowest BCUT2D eigenvalue weighted by Crippen LogP contribution is -1.99. The van der Waals surface area contributed by atoms with Crippen LogP contribution in [-0.4, -0.2) is 38.9 Å². The lowest BCUT2D eigenvalue weighted by molar-refractivity contribution is 0.414. The monoisotopic (exact) mass is 375 g/mol. The molecule has 28 heavy (non-hydrogen) atoms. The van der Waals surface area contributed by atoms with Gasteiger partial charge in [-0.3, -0.25) is 0 Å². The Bertz CT molecular complexity index is 1070. The van der Waals surface area contributed by atoms with Gasteiger partial charge in [0.15, 0.2) is 5.65 Å². The Balaban J connectivity index is 0.000000211. The number of fused-ring (bicyclic) bond motifs is 1. The van der Waals surface area contributed by atoms with Crippen LogP contribution in [0.25, 0.3) is 22.8 Å². The molecule has 0 aliphatic heterocycles. The zero-order chi connectivity index (χ0) is 19.9. The molecule has 0 aliphatic carbocycles. The first-order valence-electron chi connectivity index (χ1n) is 8.51. The van der Waals surface area contributed by atoms with Crippen molar-refractivity contribution in [3.05, 3.63) is 67.3 Å². The molecule has 0 saturated carbocycles. The van der Waals surface area contributed by atoms with Crippen molar-refractivity contribution in [1.82, 2.24) is 24.7 Å². The summed E-state index contributed by atoms with van der Waals surface area (Å²) < 4.78 is 6.99. The summed E-state index contributed by atoms with van der Waals surface area (Å²) in [5.41, 5.74) is 7.98. The number of methoxy groups -OCH3 is 1. The maximum Gasteiger partial charge on any atom is 0.168 e. The molecule has 4 aromatic rings. The summed E-state index contributed by atoms with van der Waals surface area (Å²) in [4.78, 5) is 12.3. The van der Waals surface area contributed by atoms with Gasteiger partial charge in [-0.1, -0.05) is 18.7 Å². The van der Waals surface area contributed by atoms with Crippen LogP contribution in [0.3, 0.4) is 0 Å². The molecular formula is C20H21N7O. The Hall–Kier alpha value is -3.94. The Kier molecular flexibility index (Phi) is 5.81. The zero-order valence-electron chi connectivity index (χ0n) is 15.7. The second kappa shape index (κ2) is 8.63. The number of nitrogens with two attached hydrogens (primary N) is 1. The predicted molar refractivity (Wildman–Crippen MR) is 111 cm³/mol. The summed E-state index contributed by atoms with van der Waals surface area (Å²) >= 11 is 0. The van der Waals surface area contributed by atoms with Gasteiger partial charge in [0.05, 0.1) is 24.4 Å². The van der Waals surface area contributed by atoms with Crippen LogP contribution in [0.4, 0.5) is 11.6 Å². The number of hydrogen-bond acceptors (Lipinski definition) is 7. The van der Waals surface area contributed by atoms with Gasteiger partial charge < -0.3 is 15.8 Å². The fourth-order valence-electron chi connectivity index (χ4n) is 2.51. The number of anilines is 2. The lowest BCUT2D eigenvalue weighted by atomic mass is 10.3. The molecule has 3 aromatic heterocycles. The molecule has 0 amide bonds. The number of hydrogen-bond donors (Lipinski definition) is 2. The van der Waals surface area contributed by atoms with E-state index in [1.807, 2.05) is 37.4 Å². The maximum atomic E-state index is 5.34. The van der Waals surface area contributed by atoms with Crippen molar-refractivity contribution in [2.24, 2.45) is 0 Å². The van der Waals surface area contributed by atoms with Gasteiger partial charge in [-0.2, -0.15) is 5.10 Å². The number of aromatic nitrogens is 5. The van der Waals surface area contributed by atoms with Crippen molar-refractivity contribution < 1.29 is 4.74 Å². The standard InChI is InChI=1S/C13H13N5O.C7H8N2/c1-14-12-11-7-17-18(13(11)16-8-15-12)9-4-3-5-10(6-9)19-2;1-2-6-3-4-7(8)9-5-6/h3-8H,1-2H3,(H,14,15,16);2-5H,1H2,(H2,8,9). The van der Waals surface area contributed by atoms with Gasteiger partial charge in [0, 0.05) is 19.3 Å². The van der Waals surface area contributed by atoms with Gasteiger partial charge in [0.2, 0.25) is 0 Å². The molecule has 8 nitrogen and oxygen atoms in total. The van der Waals surface area contributed by atoms with Gasteiger partial charge in [0.1, 0.15) is 23.7 Å². The zero-order valence-corrected chi connectivity index (χ0v) is 15.7. The molecule has 8 heteroatoms. The van der Waals surface area contributed by atoms with Crippen molar-refractivity contribution in [1.29, 1.82) is 0 Å². The summed E-state index contributed by atoms with van der Waals surface area (Å²) in [7, 11) is 3.46. The third kappa shape index (κ3) is 4.07. The van der Waals surface area contributed by atoms with Crippen molar-refractivity contribution >= 4 is 28.7 Å². The van der Waals surface area contributed by atoms with Crippen LogP contribution >= 0.6 is 0 Å². The number of nitrogens with one attached hydrogen (secondary N) is 1. The lowest BCUT2D eigenvalue weighted by Gasteiger charge is -2.05. The fourth-order valence-corrected chi connectivity index (χ4v) is 2.51. The minimum absolute atomic E-state index is 0.542. The van der Waals surface area contributed by atoms with Crippen LogP contribution in [-0.2, 0) is 0 Å². The van der Waals surface area contributed by atoms with Gasteiger partial charge in [-0.05, 0) is 29.8 Å². The van der Waals surface area contributed by atoms with Gasteiger partial charge >= 0.3 is 0 Å². The maximum absolute atomic E-state index is 5.34. The summed E-state index contributed by atoms with van der Waals surface area (Å²) in [5.74, 6) is 2.09. The van der Waals surface area contributed by atoms with E-state index in [1.165, 1.54) is 6.33 Å². The Morgan fingerprint density at radius 3 is 2.68 bits per heavy atom. The van der Waals surface area contributed by atoms with Crippen LogP contribution in [0.2, 0.25) is 0 Å². The van der Waals surface area contributed by atoms with E-state index in [2.05, 4.69) is 31.9 Å². The molecule has 4 rings (SSSR count). The molecule has 0 aliphatic rings. The smallest absolute Gasteiger partial charge is 0.168 e. The van der Waals surface area contributed by atoms with E-state index in [-0.39, 0.29) is 0 Å². The summed E-state index contributed by atoms with van der Waals surface area (Å²) in [6.07, 6.45) is 6.68. The first-order chi connectivity index (χ1) is 13.7. The summed E-state index contributed by atoms with van der Waals surface area (Å²) in [6, 6.07) is 11.3. The highest BCUT2D eigenvalue weighted by molar-refractivity contribution is 5.86. The van der Waals surface area contributed by atoms with E-state index in [4.69, 9.17) is 10.5 Å². The molecule has 3 N–H and O–H groups in total. The van der Waals surface area contributed by atoms with Crippen LogP contribution in [0, 0.1) is 0 Å². The highest BCUT2D eigenvalue weighted by Gasteiger charge is 2.10. The Morgan fingerprint density at radius 1 is 1.14 bits per heavy atom. The first-order valence-corrected chi connectivity index (χ1v) is 8.51. The topological polar surface area (TPSA) is 104 Å². The third-order valence-corrected chi connectivity index (χ3v) is 3.95. The first kappa shape index (κ1) is 18.8. The predicted octanol–water partition coefficient (Wildman–Crippen LogP) is 3.17. The quantitative estimate of drug-likeness (QED) is 0.564. The third-order valence-electron chi connectivity index (χ3n) is 3.95. The average Bonchev–Trinajstić information content (AvgIpc) is 3.19. The molecule has 0 bridgehead atoms. The Labute approximate surface area is 162 Å². The molecule has 0 saturated heterocycles. The van der Waals surface area contributed by atoms with Crippen molar-refractivity contribution in [3.8, 4) is 11.4 Å². The highest BCUT2D eigenvalue weighted by Crippen LogP contribution is 2.23. The number of ether oxygens (including phenoxy) is 1. The number of rotatable bonds is 4. The van der Waals surface area contributed by atoms with Crippen LogP contribution in [0.1, 0.15) is 5.56 Å². The van der Waals surface area contributed by atoms with Crippen LogP contribution in [0.5, 0.6) is 5.75 Å². The average molecular weight is 375 g/mol. The largest absolute Gasteiger partial charge is 0.497 e. The van der Waals surface area contributed by atoms with E-state index < -0.39 is 0 Å². The molecule has 0 fully saturated rings. The second-order valence-electron chi connectivity index (χ2n) is 5.69. The van der Waals surface area contributed by atoms with E-state index in [1.54, 1.807) is 36.3 Å². The second-order valence-corrected chi connectivity index (χ2v) is 5.69. The molecule has 0 spiro atoms. The number of pyridine rings is 1. The SMILES string of the molecule is C=Cc1ccc(N)nc1.CNc1ncnc2c1cnn2-c1cccc(OC)c1. The molecule has 3 heterocycles. The molecule has 142 valence electrons. The van der Waals surface area contributed by atoms with Crippen molar-refractivity contribution in [2.75, 3.05) is 25.2 Å². The molecule has 0 radical (unpaired) electrons. The Morgan fingerprint density at radius 2 is 2.00 bits per heavy atom. The van der Waals surface area contributed by atoms with E-state index in [0.29, 0.717) is 5.82 Å². The van der Waals surface area contributed by atoms with E-state index in [0.717, 1.165) is 33.9 Å². The van der Waals surface area contributed by atoms with E-state index in [9.17, 15) is 0 Å². The van der Waals surface area contributed by atoms with Gasteiger partial charge in [-0.15, -0.1) is 0 Å². The van der Waals surface area contributed by atoms with Crippen LogP contribution < -0.4 is 15.8 Å². The van der Waals surface area contributed by atoms with Gasteiger partial charge in [0.25, 0.3) is 0 Å². The molecular weight excluding hydrogens is 354 g/mol. The molecule has 1 aromatic carbocycles. The number of nitrogen functional groups attached to an aromatic ring is 1. The van der Waals surface area contributed by atoms with Crippen molar-refractivity contribution in [2.45, 2.75) is 0 Å². The normalized spacial score (nSPS) is 10.1. The summed E-state index contributed by atoms with van der Waals surface area (Å²) in [6.45, 7) is 3.58. The minimum Gasteiger partial charge on any atom is -0.497 e. The molecule has 0 unspecified atom stereocenters. The summed E-state index contributed by atoms with van der Waals surface area (Å²) in [5, 5.41) is 8.28. The van der Waals surface area contributed by atoms with Crippen LogP contribution in [0.15, 0.2) is 61.7 Å². The van der Waals surface area contributed by atoms with E-state index >= 15 is 0 Å². The van der Waals surface area contributed by atoms with Gasteiger partial charge in [-0.25, -0.2) is 19.6 Å². The number of nitrogens with zero attached hydrogens (tertiary/aromatic N) is 5. The van der Waals surface area contributed by atoms with Crippen molar-refractivity contribution in [3.63, 3.8) is 0 Å².